The zero-order valence-electron chi connectivity index (χ0n) is 10.5. The average Bonchev–Trinajstić information content (AvgIpc) is 2.21. The molecule has 0 spiro atoms. The van der Waals surface area contributed by atoms with Gasteiger partial charge in [0, 0.05) is 18.4 Å². The fourth-order valence-electron chi connectivity index (χ4n) is 2.09. The van der Waals surface area contributed by atoms with Gasteiger partial charge in [-0.1, -0.05) is 33.4 Å². The zero-order valence-corrected chi connectivity index (χ0v) is 10.5. The second-order valence-corrected chi connectivity index (χ2v) is 5.70. The van der Waals surface area contributed by atoms with Crippen molar-refractivity contribution >= 4 is 5.82 Å². The van der Waals surface area contributed by atoms with Gasteiger partial charge in [-0.15, -0.1) is 0 Å². The van der Waals surface area contributed by atoms with Crippen LogP contribution in [0, 0.1) is 5.41 Å². The van der Waals surface area contributed by atoms with E-state index in [2.05, 4.69) is 43.3 Å². The molecule has 2 heteroatoms. The third-order valence-electron chi connectivity index (χ3n) is 2.82. The maximum Gasteiger partial charge on any atom is 0.135 e. The highest BCUT2D eigenvalue weighted by Gasteiger charge is 2.25. The minimum absolute atomic E-state index is 0.259. The lowest BCUT2D eigenvalue weighted by Crippen LogP contribution is -2.35. The average molecular weight is 216 g/mol. The highest BCUT2D eigenvalue weighted by Crippen LogP contribution is 2.32. The van der Waals surface area contributed by atoms with Gasteiger partial charge in [-0.05, 0) is 29.9 Å². The van der Waals surface area contributed by atoms with E-state index in [9.17, 15) is 0 Å². The number of aromatic nitrogens is 1. The highest BCUT2D eigenvalue weighted by atomic mass is 15.2. The van der Waals surface area contributed by atoms with Crippen LogP contribution in [0.15, 0.2) is 30.6 Å². The monoisotopic (exact) mass is 216 g/mol. The summed E-state index contributed by atoms with van der Waals surface area (Å²) in [5.41, 5.74) is 2.80. The van der Waals surface area contributed by atoms with Gasteiger partial charge in [-0.25, -0.2) is 4.98 Å². The van der Waals surface area contributed by atoms with Crippen molar-refractivity contribution in [2.75, 3.05) is 11.4 Å². The number of rotatable bonds is 1. The summed E-state index contributed by atoms with van der Waals surface area (Å²) in [6, 6.07) is 4.19. The number of pyridine rings is 1. The molecule has 2 nitrogen and oxygen atoms in total. The third-order valence-corrected chi connectivity index (χ3v) is 2.82. The summed E-state index contributed by atoms with van der Waals surface area (Å²) in [6.45, 7) is 11.9. The smallest absolute Gasteiger partial charge is 0.135 e. The van der Waals surface area contributed by atoms with Crippen molar-refractivity contribution in [1.29, 1.82) is 0 Å². The van der Waals surface area contributed by atoms with Gasteiger partial charge in [-0.2, -0.15) is 0 Å². The molecule has 0 aromatic carbocycles. The summed E-state index contributed by atoms with van der Waals surface area (Å²) in [5, 5.41) is 0. The molecule has 1 aliphatic rings. The predicted molar refractivity (Wildman–Crippen MR) is 68.5 cm³/mol. The van der Waals surface area contributed by atoms with E-state index in [-0.39, 0.29) is 5.41 Å². The van der Waals surface area contributed by atoms with E-state index < -0.39 is 0 Å². The Bertz CT molecular complexity index is 401. The first kappa shape index (κ1) is 11.2. The molecule has 0 saturated heterocycles. The molecule has 0 atom stereocenters. The maximum atomic E-state index is 4.50. The van der Waals surface area contributed by atoms with Crippen LogP contribution in [0.4, 0.5) is 5.82 Å². The number of nitrogens with zero attached hydrogens (tertiary/aromatic N) is 2. The Morgan fingerprint density at radius 1 is 1.38 bits per heavy atom. The Kier molecular flexibility index (Phi) is 2.75. The van der Waals surface area contributed by atoms with E-state index in [1.807, 2.05) is 12.3 Å². The standard InChI is InChI=1S/C14H20N2/c1-11-7-8-12-6-5-9-15-13(12)16(11)10-14(2,3)4/h5-6,9H,1,7-8,10H2,2-4H3. The third kappa shape index (κ3) is 2.26. The largest absolute Gasteiger partial charge is 0.330 e. The van der Waals surface area contributed by atoms with Crippen molar-refractivity contribution in [2.45, 2.75) is 33.6 Å². The van der Waals surface area contributed by atoms with Crippen LogP contribution in [-0.4, -0.2) is 11.5 Å². The van der Waals surface area contributed by atoms with Crippen molar-refractivity contribution in [3.63, 3.8) is 0 Å². The molecule has 1 aromatic heterocycles. The van der Waals surface area contributed by atoms with Crippen LogP contribution in [0.25, 0.3) is 0 Å². The minimum Gasteiger partial charge on any atom is -0.330 e. The molecule has 0 N–H and O–H groups in total. The molecular formula is C14H20N2. The van der Waals surface area contributed by atoms with Crippen LogP contribution in [0.3, 0.4) is 0 Å². The Labute approximate surface area is 98.0 Å². The first-order valence-corrected chi connectivity index (χ1v) is 5.86. The molecule has 0 amide bonds. The molecule has 0 fully saturated rings. The molecule has 86 valence electrons. The van der Waals surface area contributed by atoms with Crippen molar-refractivity contribution in [1.82, 2.24) is 4.98 Å². The number of hydrogen-bond donors (Lipinski definition) is 0. The van der Waals surface area contributed by atoms with Gasteiger partial charge in [-0.3, -0.25) is 0 Å². The molecule has 0 saturated carbocycles. The first-order valence-electron chi connectivity index (χ1n) is 5.86. The van der Waals surface area contributed by atoms with Gasteiger partial charge >= 0.3 is 0 Å². The normalized spacial score (nSPS) is 16.2. The van der Waals surface area contributed by atoms with E-state index in [1.54, 1.807) is 0 Å². The summed E-state index contributed by atoms with van der Waals surface area (Å²) in [5.74, 6) is 1.11. The van der Waals surface area contributed by atoms with Gasteiger partial charge in [0.15, 0.2) is 0 Å². The van der Waals surface area contributed by atoms with E-state index in [4.69, 9.17) is 0 Å². The zero-order chi connectivity index (χ0) is 11.8. The maximum absolute atomic E-state index is 4.50. The summed E-state index contributed by atoms with van der Waals surface area (Å²) in [7, 11) is 0. The summed E-state index contributed by atoms with van der Waals surface area (Å²) < 4.78 is 0. The van der Waals surface area contributed by atoms with Gasteiger partial charge in [0.1, 0.15) is 5.82 Å². The molecule has 0 unspecified atom stereocenters. The minimum atomic E-state index is 0.259. The lowest BCUT2D eigenvalue weighted by atomic mass is 9.93. The highest BCUT2D eigenvalue weighted by molar-refractivity contribution is 5.55. The van der Waals surface area contributed by atoms with Crippen molar-refractivity contribution in [3.05, 3.63) is 36.2 Å². The molecule has 1 aromatic rings. The fraction of sp³-hybridized carbons (Fsp3) is 0.500. The number of hydrogen-bond acceptors (Lipinski definition) is 2. The number of fused-ring (bicyclic) bond motifs is 1. The van der Waals surface area contributed by atoms with Crippen LogP contribution >= 0.6 is 0 Å². The van der Waals surface area contributed by atoms with Gasteiger partial charge in [0.25, 0.3) is 0 Å². The second-order valence-electron chi connectivity index (χ2n) is 5.70. The summed E-state index contributed by atoms with van der Waals surface area (Å²) in [6.07, 6.45) is 3.99. The van der Waals surface area contributed by atoms with Gasteiger partial charge in [0.05, 0.1) is 0 Å². The van der Waals surface area contributed by atoms with Crippen molar-refractivity contribution in [3.8, 4) is 0 Å². The summed E-state index contributed by atoms with van der Waals surface area (Å²) in [4.78, 5) is 6.78. The fourth-order valence-corrected chi connectivity index (χ4v) is 2.09. The van der Waals surface area contributed by atoms with Gasteiger partial charge < -0.3 is 4.90 Å². The molecule has 2 rings (SSSR count). The summed E-state index contributed by atoms with van der Waals surface area (Å²) >= 11 is 0. The van der Waals surface area contributed by atoms with Crippen molar-refractivity contribution < 1.29 is 0 Å². The van der Waals surface area contributed by atoms with E-state index in [0.717, 1.165) is 25.2 Å². The second kappa shape index (κ2) is 3.93. The van der Waals surface area contributed by atoms with Crippen LogP contribution < -0.4 is 4.90 Å². The molecule has 16 heavy (non-hydrogen) atoms. The van der Waals surface area contributed by atoms with Gasteiger partial charge in [0.2, 0.25) is 0 Å². The van der Waals surface area contributed by atoms with Crippen molar-refractivity contribution in [2.24, 2.45) is 5.41 Å². The van der Waals surface area contributed by atoms with Crippen LogP contribution in [0.2, 0.25) is 0 Å². The molecule has 1 aliphatic heterocycles. The first-order chi connectivity index (χ1) is 7.47. The SMILES string of the molecule is C=C1CCc2cccnc2N1CC(C)(C)C. The van der Waals surface area contributed by atoms with Crippen LogP contribution in [0.1, 0.15) is 32.8 Å². The predicted octanol–water partition coefficient (Wildman–Crippen LogP) is 3.39. The lowest BCUT2D eigenvalue weighted by Gasteiger charge is -2.36. The lowest BCUT2D eigenvalue weighted by molar-refractivity contribution is 0.414. The van der Waals surface area contributed by atoms with E-state index in [0.29, 0.717) is 0 Å². The number of allylic oxidation sites excluding steroid dienone is 1. The molecule has 2 heterocycles. The Morgan fingerprint density at radius 3 is 2.81 bits per heavy atom. The molecule has 0 aliphatic carbocycles. The van der Waals surface area contributed by atoms with Crippen LogP contribution in [-0.2, 0) is 6.42 Å². The Balaban J connectivity index is 2.33. The Morgan fingerprint density at radius 2 is 2.12 bits per heavy atom. The number of anilines is 1. The molecule has 0 radical (unpaired) electrons. The molecule has 0 bridgehead atoms. The van der Waals surface area contributed by atoms with E-state index in [1.165, 1.54) is 11.3 Å². The number of aryl methyl sites for hydroxylation is 1. The quantitative estimate of drug-likeness (QED) is 0.715. The topological polar surface area (TPSA) is 16.1 Å². The molecular weight excluding hydrogens is 196 g/mol. The van der Waals surface area contributed by atoms with Crippen LogP contribution in [0.5, 0.6) is 0 Å². The Hall–Kier alpha value is -1.31. The van der Waals surface area contributed by atoms with E-state index >= 15 is 0 Å².